The molecular formula is C11H20F3N3OS. The van der Waals surface area contributed by atoms with Gasteiger partial charge in [-0.2, -0.15) is 24.9 Å². The molecule has 2 unspecified atom stereocenters. The Morgan fingerprint density at radius 3 is 2.63 bits per heavy atom. The van der Waals surface area contributed by atoms with Crippen LogP contribution in [0.3, 0.4) is 0 Å². The van der Waals surface area contributed by atoms with Crippen molar-refractivity contribution in [2.24, 2.45) is 4.99 Å². The van der Waals surface area contributed by atoms with Crippen LogP contribution in [-0.2, 0) is 0 Å². The highest BCUT2D eigenvalue weighted by Gasteiger charge is 2.38. The van der Waals surface area contributed by atoms with Crippen LogP contribution in [0.15, 0.2) is 4.99 Å². The fourth-order valence-corrected chi connectivity index (χ4v) is 3.02. The van der Waals surface area contributed by atoms with Gasteiger partial charge in [0.2, 0.25) is 0 Å². The Morgan fingerprint density at radius 2 is 2.16 bits per heavy atom. The molecule has 1 aliphatic heterocycles. The minimum absolute atomic E-state index is 0.0975. The second-order valence-corrected chi connectivity index (χ2v) is 6.45. The van der Waals surface area contributed by atoms with Crippen LogP contribution >= 0.6 is 11.8 Å². The minimum Gasteiger partial charge on any atom is -0.382 e. The molecule has 0 spiro atoms. The lowest BCUT2D eigenvalue weighted by molar-refractivity contribution is -0.201. The van der Waals surface area contributed by atoms with Gasteiger partial charge in [-0.05, 0) is 25.5 Å². The number of aliphatic hydroxyl groups excluding tert-OH is 1. The maximum Gasteiger partial charge on any atom is 0.416 e. The number of hydrogen-bond acceptors (Lipinski definition) is 3. The topological polar surface area (TPSA) is 56.7 Å². The summed E-state index contributed by atoms with van der Waals surface area (Å²) in [6.07, 6.45) is -4.77. The van der Waals surface area contributed by atoms with Crippen molar-refractivity contribution < 1.29 is 18.3 Å². The summed E-state index contributed by atoms with van der Waals surface area (Å²) in [6.45, 7) is 2.15. The van der Waals surface area contributed by atoms with Gasteiger partial charge < -0.3 is 15.7 Å². The second-order valence-electron chi connectivity index (χ2n) is 4.77. The van der Waals surface area contributed by atoms with Crippen LogP contribution in [-0.4, -0.2) is 54.0 Å². The first-order valence-electron chi connectivity index (χ1n) is 6.10. The van der Waals surface area contributed by atoms with Gasteiger partial charge in [0, 0.05) is 18.3 Å². The lowest BCUT2D eigenvalue weighted by Crippen LogP contribution is -2.48. The van der Waals surface area contributed by atoms with Crippen molar-refractivity contribution in [1.29, 1.82) is 0 Å². The van der Waals surface area contributed by atoms with Gasteiger partial charge in [0.05, 0.1) is 6.54 Å². The molecular weight excluding hydrogens is 279 g/mol. The van der Waals surface area contributed by atoms with Gasteiger partial charge >= 0.3 is 6.18 Å². The predicted octanol–water partition coefficient (Wildman–Crippen LogP) is 1.36. The standard InChI is InChI=1S/C11H20F3N3OS/c1-10(4-3-5-19-10)7-17-9(15-2)16-6-8(18)11(12,13)14/h8,18H,3-7H2,1-2H3,(H2,15,16,17). The smallest absolute Gasteiger partial charge is 0.382 e. The van der Waals surface area contributed by atoms with Crippen LogP contribution in [0.25, 0.3) is 0 Å². The number of nitrogens with zero attached hydrogens (tertiary/aromatic N) is 1. The molecule has 1 aliphatic rings. The summed E-state index contributed by atoms with van der Waals surface area (Å²) >= 11 is 1.85. The fraction of sp³-hybridized carbons (Fsp3) is 0.909. The third-order valence-electron chi connectivity index (χ3n) is 2.99. The maximum absolute atomic E-state index is 12.1. The van der Waals surface area contributed by atoms with Crippen molar-refractivity contribution in [2.45, 2.75) is 36.8 Å². The molecule has 1 rings (SSSR count). The minimum atomic E-state index is -4.61. The van der Waals surface area contributed by atoms with Gasteiger partial charge in [-0.3, -0.25) is 4.99 Å². The highest BCUT2D eigenvalue weighted by atomic mass is 32.2. The Balaban J connectivity index is 2.34. The zero-order valence-corrected chi connectivity index (χ0v) is 11.9. The number of alkyl halides is 3. The molecule has 0 aromatic rings. The second kappa shape index (κ2) is 6.69. The normalized spacial score (nSPS) is 26.3. The summed E-state index contributed by atoms with van der Waals surface area (Å²) < 4.78 is 36.5. The van der Waals surface area contributed by atoms with Gasteiger partial charge in [0.25, 0.3) is 0 Å². The average molecular weight is 299 g/mol. The Morgan fingerprint density at radius 1 is 1.47 bits per heavy atom. The number of thioether (sulfide) groups is 1. The van der Waals surface area contributed by atoms with E-state index >= 15 is 0 Å². The van der Waals surface area contributed by atoms with E-state index in [-0.39, 0.29) is 10.7 Å². The molecule has 4 nitrogen and oxygen atoms in total. The van der Waals surface area contributed by atoms with Crippen molar-refractivity contribution >= 4 is 17.7 Å². The molecule has 0 saturated carbocycles. The van der Waals surface area contributed by atoms with E-state index in [4.69, 9.17) is 5.11 Å². The summed E-state index contributed by atoms with van der Waals surface area (Å²) in [4.78, 5) is 3.84. The first kappa shape index (κ1) is 16.4. The largest absolute Gasteiger partial charge is 0.416 e. The summed E-state index contributed by atoms with van der Waals surface area (Å²) in [5.41, 5.74) is 0. The van der Waals surface area contributed by atoms with E-state index in [0.717, 1.165) is 18.6 Å². The van der Waals surface area contributed by atoms with E-state index in [1.54, 1.807) is 0 Å². The van der Waals surface area contributed by atoms with E-state index in [2.05, 4.69) is 22.5 Å². The zero-order chi connectivity index (χ0) is 14.5. The number of rotatable bonds is 4. The molecule has 0 aromatic heterocycles. The van der Waals surface area contributed by atoms with Crippen LogP contribution in [0.1, 0.15) is 19.8 Å². The molecule has 0 amide bonds. The van der Waals surface area contributed by atoms with Crippen molar-refractivity contribution in [3.8, 4) is 0 Å². The molecule has 1 heterocycles. The predicted molar refractivity (Wildman–Crippen MR) is 71.5 cm³/mol. The summed E-state index contributed by atoms with van der Waals surface area (Å²) in [5.74, 6) is 1.38. The van der Waals surface area contributed by atoms with Gasteiger partial charge in [0.1, 0.15) is 0 Å². The quantitative estimate of drug-likeness (QED) is 0.542. The first-order chi connectivity index (χ1) is 8.77. The number of nitrogens with one attached hydrogen (secondary N) is 2. The van der Waals surface area contributed by atoms with Crippen LogP contribution < -0.4 is 10.6 Å². The Hall–Kier alpha value is -0.630. The number of hydrogen-bond donors (Lipinski definition) is 3. The zero-order valence-electron chi connectivity index (χ0n) is 11.0. The molecule has 112 valence electrons. The molecule has 0 radical (unpaired) electrons. The van der Waals surface area contributed by atoms with E-state index in [0.29, 0.717) is 6.54 Å². The van der Waals surface area contributed by atoms with Gasteiger partial charge in [-0.15, -0.1) is 0 Å². The van der Waals surface area contributed by atoms with E-state index in [1.165, 1.54) is 7.05 Å². The SMILES string of the molecule is CN=C(NCC(O)C(F)(F)F)NCC1(C)CCCS1. The Labute approximate surface area is 115 Å². The Bertz CT molecular complexity index is 317. The van der Waals surface area contributed by atoms with Crippen LogP contribution in [0.2, 0.25) is 0 Å². The van der Waals surface area contributed by atoms with Crippen molar-refractivity contribution in [3.63, 3.8) is 0 Å². The van der Waals surface area contributed by atoms with Crippen molar-refractivity contribution in [1.82, 2.24) is 10.6 Å². The maximum atomic E-state index is 12.1. The number of guanidine groups is 1. The Kier molecular flexibility index (Phi) is 5.79. The van der Waals surface area contributed by atoms with Crippen molar-refractivity contribution in [2.75, 3.05) is 25.9 Å². The number of aliphatic hydroxyl groups is 1. The van der Waals surface area contributed by atoms with E-state index in [9.17, 15) is 13.2 Å². The van der Waals surface area contributed by atoms with Gasteiger partial charge in [-0.1, -0.05) is 0 Å². The molecule has 19 heavy (non-hydrogen) atoms. The monoisotopic (exact) mass is 299 g/mol. The van der Waals surface area contributed by atoms with Crippen LogP contribution in [0.4, 0.5) is 13.2 Å². The third kappa shape index (κ3) is 5.48. The lowest BCUT2D eigenvalue weighted by Gasteiger charge is -2.25. The molecule has 0 aromatic carbocycles. The van der Waals surface area contributed by atoms with E-state index < -0.39 is 18.8 Å². The van der Waals surface area contributed by atoms with Crippen LogP contribution in [0, 0.1) is 0 Å². The lowest BCUT2D eigenvalue weighted by atomic mass is 10.1. The molecule has 2 atom stereocenters. The molecule has 0 bridgehead atoms. The number of halogens is 3. The van der Waals surface area contributed by atoms with Gasteiger partial charge in [0.15, 0.2) is 12.1 Å². The fourth-order valence-electron chi connectivity index (χ4n) is 1.78. The van der Waals surface area contributed by atoms with Gasteiger partial charge in [-0.25, -0.2) is 0 Å². The molecule has 8 heteroatoms. The molecule has 3 N–H and O–H groups in total. The first-order valence-corrected chi connectivity index (χ1v) is 7.09. The number of aliphatic imine (C=N–C) groups is 1. The third-order valence-corrected chi connectivity index (χ3v) is 4.53. The molecule has 1 fully saturated rings. The highest BCUT2D eigenvalue weighted by Crippen LogP contribution is 2.36. The highest BCUT2D eigenvalue weighted by molar-refractivity contribution is 8.00. The average Bonchev–Trinajstić information content (AvgIpc) is 2.75. The summed E-state index contributed by atoms with van der Waals surface area (Å²) in [7, 11) is 1.49. The van der Waals surface area contributed by atoms with Crippen LogP contribution in [0.5, 0.6) is 0 Å². The van der Waals surface area contributed by atoms with E-state index in [1.807, 2.05) is 11.8 Å². The summed E-state index contributed by atoms with van der Waals surface area (Å²) in [5, 5.41) is 14.4. The molecule has 1 saturated heterocycles. The molecule has 0 aliphatic carbocycles. The van der Waals surface area contributed by atoms with Crippen molar-refractivity contribution in [3.05, 3.63) is 0 Å². The summed E-state index contributed by atoms with van der Waals surface area (Å²) in [6, 6.07) is 0.